The van der Waals surface area contributed by atoms with E-state index in [9.17, 15) is 0 Å². The summed E-state index contributed by atoms with van der Waals surface area (Å²) in [5, 5.41) is 3.51. The second-order valence-electron chi connectivity index (χ2n) is 5.72. The topological polar surface area (TPSA) is 29.9 Å². The van der Waals surface area contributed by atoms with E-state index in [1.165, 1.54) is 11.1 Å². The summed E-state index contributed by atoms with van der Waals surface area (Å²) < 4.78 is 2.19. The Morgan fingerprint density at radius 3 is 2.60 bits per heavy atom. The number of imidazole rings is 1. The summed E-state index contributed by atoms with van der Waals surface area (Å²) in [4.78, 5) is 4.29. The van der Waals surface area contributed by atoms with Crippen molar-refractivity contribution in [2.75, 3.05) is 13.1 Å². The monoisotopic (exact) mass is 271 g/mol. The third-order valence-corrected chi connectivity index (χ3v) is 3.51. The van der Waals surface area contributed by atoms with Gasteiger partial charge in [0.1, 0.15) is 5.82 Å². The van der Waals surface area contributed by atoms with E-state index < -0.39 is 0 Å². The number of aromatic nitrogens is 2. The van der Waals surface area contributed by atoms with Crippen molar-refractivity contribution >= 4 is 0 Å². The number of nitrogens with zero attached hydrogens (tertiary/aromatic N) is 2. The smallest absolute Gasteiger partial charge is 0.105 e. The molecule has 1 N–H and O–H groups in total. The highest BCUT2D eigenvalue weighted by atomic mass is 15.0. The van der Waals surface area contributed by atoms with Gasteiger partial charge in [0.25, 0.3) is 0 Å². The van der Waals surface area contributed by atoms with E-state index in [1.54, 1.807) is 0 Å². The molecule has 0 radical (unpaired) electrons. The van der Waals surface area contributed by atoms with Gasteiger partial charge in [-0.05, 0) is 43.5 Å². The molecule has 3 nitrogen and oxygen atoms in total. The number of hydrogen-bond acceptors (Lipinski definition) is 2. The number of nitrogens with one attached hydrogen (secondary N) is 1. The minimum atomic E-state index is 0.707. The predicted molar refractivity (Wildman–Crippen MR) is 83.9 cm³/mol. The van der Waals surface area contributed by atoms with Crippen LogP contribution in [0.25, 0.3) is 0 Å². The van der Waals surface area contributed by atoms with Crippen molar-refractivity contribution in [2.24, 2.45) is 5.92 Å². The molecular formula is C17H25N3. The fraction of sp³-hybridized carbons (Fsp3) is 0.471. The molecule has 0 saturated carbocycles. The van der Waals surface area contributed by atoms with Crippen molar-refractivity contribution in [3.63, 3.8) is 0 Å². The SMILES string of the molecule is Cc1nccn1Cc1ccccc1CCNCC(C)C. The van der Waals surface area contributed by atoms with E-state index in [1.807, 2.05) is 19.3 Å². The van der Waals surface area contributed by atoms with Crippen LogP contribution in [0.15, 0.2) is 36.7 Å². The standard InChI is InChI=1S/C17H25N3/c1-14(2)12-18-9-8-16-6-4-5-7-17(16)13-20-11-10-19-15(20)3/h4-7,10-11,14,18H,8-9,12-13H2,1-3H3. The van der Waals surface area contributed by atoms with E-state index in [0.717, 1.165) is 31.9 Å². The second-order valence-corrected chi connectivity index (χ2v) is 5.72. The van der Waals surface area contributed by atoms with Crippen LogP contribution in [0.1, 0.15) is 30.8 Å². The van der Waals surface area contributed by atoms with Crippen LogP contribution < -0.4 is 5.32 Å². The molecule has 0 aliphatic heterocycles. The molecule has 108 valence electrons. The first-order chi connectivity index (χ1) is 9.66. The fourth-order valence-electron chi connectivity index (χ4n) is 2.32. The molecule has 0 spiro atoms. The van der Waals surface area contributed by atoms with Crippen LogP contribution in [0.5, 0.6) is 0 Å². The normalized spacial score (nSPS) is 11.2. The number of benzene rings is 1. The molecule has 1 aromatic heterocycles. The lowest BCUT2D eigenvalue weighted by Gasteiger charge is -2.12. The molecule has 0 bridgehead atoms. The second kappa shape index (κ2) is 7.25. The van der Waals surface area contributed by atoms with Crippen molar-refractivity contribution in [2.45, 2.75) is 33.7 Å². The Morgan fingerprint density at radius 1 is 1.20 bits per heavy atom. The maximum Gasteiger partial charge on any atom is 0.105 e. The highest BCUT2D eigenvalue weighted by Gasteiger charge is 2.04. The van der Waals surface area contributed by atoms with Gasteiger partial charge in [-0.2, -0.15) is 0 Å². The van der Waals surface area contributed by atoms with Crippen LogP contribution in [0, 0.1) is 12.8 Å². The lowest BCUT2D eigenvalue weighted by Crippen LogP contribution is -2.22. The van der Waals surface area contributed by atoms with Gasteiger partial charge in [0.15, 0.2) is 0 Å². The molecule has 0 aliphatic carbocycles. The zero-order chi connectivity index (χ0) is 14.4. The third-order valence-electron chi connectivity index (χ3n) is 3.51. The average Bonchev–Trinajstić information content (AvgIpc) is 2.82. The molecule has 2 aromatic rings. The zero-order valence-electron chi connectivity index (χ0n) is 12.8. The van der Waals surface area contributed by atoms with E-state index in [-0.39, 0.29) is 0 Å². The van der Waals surface area contributed by atoms with Crippen molar-refractivity contribution < 1.29 is 0 Å². The molecule has 2 rings (SSSR count). The Labute approximate surface area is 122 Å². The molecule has 1 heterocycles. The molecule has 0 aliphatic rings. The van der Waals surface area contributed by atoms with E-state index in [0.29, 0.717) is 5.92 Å². The molecule has 0 atom stereocenters. The first-order valence-corrected chi connectivity index (χ1v) is 7.42. The maximum atomic E-state index is 4.29. The lowest BCUT2D eigenvalue weighted by atomic mass is 10.0. The molecule has 1 aromatic carbocycles. The van der Waals surface area contributed by atoms with E-state index in [4.69, 9.17) is 0 Å². The van der Waals surface area contributed by atoms with Crippen LogP contribution >= 0.6 is 0 Å². The molecule has 0 saturated heterocycles. The number of rotatable bonds is 7. The van der Waals surface area contributed by atoms with Gasteiger partial charge in [0.05, 0.1) is 0 Å². The van der Waals surface area contributed by atoms with Crippen molar-refractivity contribution in [1.82, 2.24) is 14.9 Å². The molecular weight excluding hydrogens is 246 g/mol. The minimum Gasteiger partial charge on any atom is -0.331 e. The van der Waals surface area contributed by atoms with Crippen LogP contribution in [0.2, 0.25) is 0 Å². The van der Waals surface area contributed by atoms with Crippen molar-refractivity contribution in [3.05, 3.63) is 53.6 Å². The highest BCUT2D eigenvalue weighted by molar-refractivity contribution is 5.28. The molecule has 0 fully saturated rings. The van der Waals surface area contributed by atoms with E-state index in [2.05, 4.69) is 53.0 Å². The van der Waals surface area contributed by atoms with Gasteiger partial charge < -0.3 is 9.88 Å². The van der Waals surface area contributed by atoms with Gasteiger partial charge in [0.2, 0.25) is 0 Å². The van der Waals surface area contributed by atoms with Crippen LogP contribution in [0.3, 0.4) is 0 Å². The quantitative estimate of drug-likeness (QED) is 0.785. The summed E-state index contributed by atoms with van der Waals surface area (Å²) in [5.41, 5.74) is 2.82. The fourth-order valence-corrected chi connectivity index (χ4v) is 2.32. The lowest BCUT2D eigenvalue weighted by molar-refractivity contribution is 0.553. The average molecular weight is 271 g/mol. The summed E-state index contributed by atoms with van der Waals surface area (Å²) in [6, 6.07) is 8.70. The Balaban J connectivity index is 1.97. The Hall–Kier alpha value is -1.61. The third kappa shape index (κ3) is 4.20. The molecule has 3 heteroatoms. The predicted octanol–water partition coefficient (Wildman–Crippen LogP) is 3.03. The molecule has 20 heavy (non-hydrogen) atoms. The maximum absolute atomic E-state index is 4.29. The van der Waals surface area contributed by atoms with Gasteiger partial charge in [-0.15, -0.1) is 0 Å². The van der Waals surface area contributed by atoms with Gasteiger partial charge in [-0.25, -0.2) is 4.98 Å². The Kier molecular flexibility index (Phi) is 5.36. The first kappa shape index (κ1) is 14.8. The highest BCUT2D eigenvalue weighted by Crippen LogP contribution is 2.12. The summed E-state index contributed by atoms with van der Waals surface area (Å²) in [6.45, 7) is 9.56. The van der Waals surface area contributed by atoms with Crippen molar-refractivity contribution in [3.8, 4) is 0 Å². The zero-order valence-corrected chi connectivity index (χ0v) is 12.8. The van der Waals surface area contributed by atoms with Gasteiger partial charge in [-0.3, -0.25) is 0 Å². The molecule has 0 amide bonds. The summed E-state index contributed by atoms with van der Waals surface area (Å²) in [6.07, 6.45) is 4.99. The summed E-state index contributed by atoms with van der Waals surface area (Å²) in [7, 11) is 0. The number of aryl methyl sites for hydroxylation is 1. The van der Waals surface area contributed by atoms with E-state index >= 15 is 0 Å². The van der Waals surface area contributed by atoms with Crippen LogP contribution in [-0.2, 0) is 13.0 Å². The summed E-state index contributed by atoms with van der Waals surface area (Å²) >= 11 is 0. The Bertz CT molecular complexity index is 529. The van der Waals surface area contributed by atoms with Gasteiger partial charge in [0, 0.05) is 18.9 Å². The van der Waals surface area contributed by atoms with Crippen LogP contribution in [0.4, 0.5) is 0 Å². The summed E-state index contributed by atoms with van der Waals surface area (Å²) in [5.74, 6) is 1.77. The first-order valence-electron chi connectivity index (χ1n) is 7.42. The van der Waals surface area contributed by atoms with Gasteiger partial charge in [-0.1, -0.05) is 38.1 Å². The van der Waals surface area contributed by atoms with Crippen molar-refractivity contribution in [1.29, 1.82) is 0 Å². The minimum absolute atomic E-state index is 0.707. The van der Waals surface area contributed by atoms with Gasteiger partial charge >= 0.3 is 0 Å². The largest absolute Gasteiger partial charge is 0.331 e. The molecule has 0 unspecified atom stereocenters. The number of hydrogen-bond donors (Lipinski definition) is 1. The Morgan fingerprint density at radius 2 is 1.95 bits per heavy atom. The van der Waals surface area contributed by atoms with Crippen LogP contribution in [-0.4, -0.2) is 22.6 Å².